The van der Waals surface area contributed by atoms with Gasteiger partial charge in [-0.3, -0.25) is 4.79 Å². The molecule has 2 aromatic carbocycles. The minimum Gasteiger partial charge on any atom is -0.345 e. The van der Waals surface area contributed by atoms with Gasteiger partial charge in [0.15, 0.2) is 0 Å². The molecule has 0 aromatic heterocycles. The molecule has 0 saturated carbocycles. The van der Waals surface area contributed by atoms with Gasteiger partial charge in [0.05, 0.1) is 10.9 Å². The second kappa shape index (κ2) is 8.52. The average molecular weight is 427 g/mol. The van der Waals surface area contributed by atoms with Crippen molar-refractivity contribution < 1.29 is 13.2 Å². The highest BCUT2D eigenvalue weighted by Crippen LogP contribution is 2.30. The Kier molecular flexibility index (Phi) is 5.98. The molecule has 0 unspecified atom stereocenters. The molecule has 2 aliphatic rings. The van der Waals surface area contributed by atoms with E-state index in [0.29, 0.717) is 30.5 Å². The van der Waals surface area contributed by atoms with Crippen LogP contribution in [0, 0.1) is 11.8 Å². The van der Waals surface area contributed by atoms with E-state index in [0.717, 1.165) is 31.2 Å². The van der Waals surface area contributed by atoms with Gasteiger partial charge in [0.1, 0.15) is 0 Å². The van der Waals surface area contributed by atoms with Crippen LogP contribution in [-0.2, 0) is 16.4 Å². The molecule has 1 aliphatic carbocycles. The van der Waals surface area contributed by atoms with Crippen molar-refractivity contribution >= 4 is 15.9 Å². The van der Waals surface area contributed by atoms with E-state index in [1.807, 2.05) is 12.1 Å². The number of carbonyl (C=O) groups excluding carboxylic acids is 1. The quantitative estimate of drug-likeness (QED) is 0.798. The predicted molar refractivity (Wildman–Crippen MR) is 118 cm³/mol. The molecule has 5 nitrogen and oxygen atoms in total. The molecule has 160 valence electrons. The Morgan fingerprint density at radius 1 is 1.03 bits per heavy atom. The van der Waals surface area contributed by atoms with Crippen molar-refractivity contribution in [2.45, 2.75) is 50.5 Å². The summed E-state index contributed by atoms with van der Waals surface area (Å²) in [5.41, 5.74) is 2.83. The number of hydrogen-bond donors (Lipinski definition) is 1. The van der Waals surface area contributed by atoms with E-state index in [1.54, 1.807) is 22.5 Å². The number of piperidine rings is 1. The predicted octanol–water partition coefficient (Wildman–Crippen LogP) is 4.16. The maximum Gasteiger partial charge on any atom is 0.251 e. The fourth-order valence-electron chi connectivity index (χ4n) is 4.89. The summed E-state index contributed by atoms with van der Waals surface area (Å²) < 4.78 is 28.0. The fraction of sp³-hybridized carbons (Fsp3) is 0.458. The van der Waals surface area contributed by atoms with Crippen LogP contribution in [0.1, 0.15) is 60.6 Å². The lowest BCUT2D eigenvalue weighted by Gasteiger charge is -2.34. The zero-order chi connectivity index (χ0) is 21.3. The molecule has 30 heavy (non-hydrogen) atoms. The first-order valence-electron chi connectivity index (χ1n) is 10.8. The van der Waals surface area contributed by atoms with Crippen LogP contribution in [-0.4, -0.2) is 31.7 Å². The van der Waals surface area contributed by atoms with Crippen molar-refractivity contribution in [2.75, 3.05) is 13.1 Å². The molecular formula is C24H30N2O3S. The second-order valence-corrected chi connectivity index (χ2v) is 10.9. The number of benzene rings is 2. The standard InChI is InChI=1S/C24H30N2O3S/c1-17-13-18(2)16-26(15-17)30(28,29)21-10-5-9-20(14-21)24(27)25-23-12-6-8-19-7-3-4-11-22(19)23/h3-5,7,9-11,14,17-18,23H,6,8,12-13,15-16H2,1-2H3,(H,25,27)/t17-,18-,23+/m1/s1. The van der Waals surface area contributed by atoms with Gasteiger partial charge >= 0.3 is 0 Å². The van der Waals surface area contributed by atoms with Crippen LogP contribution in [0.2, 0.25) is 0 Å². The number of hydrogen-bond acceptors (Lipinski definition) is 3. The number of fused-ring (bicyclic) bond motifs is 1. The Hall–Kier alpha value is -2.18. The van der Waals surface area contributed by atoms with Crippen molar-refractivity contribution in [3.8, 4) is 0 Å². The lowest BCUT2D eigenvalue weighted by molar-refractivity contribution is 0.0932. The van der Waals surface area contributed by atoms with E-state index in [1.165, 1.54) is 11.6 Å². The lowest BCUT2D eigenvalue weighted by Crippen LogP contribution is -2.42. The van der Waals surface area contributed by atoms with Gasteiger partial charge in [0, 0.05) is 18.7 Å². The SMILES string of the molecule is C[C@@H]1C[C@@H](C)CN(S(=O)(=O)c2cccc(C(=O)N[C@H]3CCCc4ccccc43)c2)C1. The molecule has 1 amide bonds. The highest BCUT2D eigenvalue weighted by atomic mass is 32.2. The number of amides is 1. The third-order valence-corrected chi connectivity index (χ3v) is 8.07. The molecule has 2 aromatic rings. The average Bonchev–Trinajstić information content (AvgIpc) is 2.73. The molecule has 1 aliphatic heterocycles. The number of aryl methyl sites for hydroxylation is 1. The first kappa shape index (κ1) is 21.1. The number of carbonyl (C=O) groups is 1. The largest absolute Gasteiger partial charge is 0.345 e. The van der Waals surface area contributed by atoms with Crippen LogP contribution in [0.15, 0.2) is 53.4 Å². The number of rotatable bonds is 4. The van der Waals surface area contributed by atoms with E-state index in [-0.39, 0.29) is 16.8 Å². The maximum atomic E-state index is 13.2. The molecule has 1 heterocycles. The topological polar surface area (TPSA) is 66.5 Å². The molecule has 0 spiro atoms. The Morgan fingerprint density at radius 2 is 1.77 bits per heavy atom. The van der Waals surface area contributed by atoms with Crippen LogP contribution < -0.4 is 5.32 Å². The zero-order valence-electron chi connectivity index (χ0n) is 17.7. The van der Waals surface area contributed by atoms with E-state index in [4.69, 9.17) is 0 Å². The summed E-state index contributed by atoms with van der Waals surface area (Å²) in [4.78, 5) is 13.2. The normalized spacial score (nSPS) is 24.8. The molecule has 6 heteroatoms. The second-order valence-electron chi connectivity index (χ2n) is 8.91. The summed E-state index contributed by atoms with van der Waals surface area (Å²) in [6.07, 6.45) is 3.99. The lowest BCUT2D eigenvalue weighted by atomic mass is 9.87. The summed E-state index contributed by atoms with van der Waals surface area (Å²) >= 11 is 0. The first-order chi connectivity index (χ1) is 14.3. The minimum absolute atomic E-state index is 0.0356. The van der Waals surface area contributed by atoms with Gasteiger partial charge in [-0.2, -0.15) is 4.31 Å². The van der Waals surface area contributed by atoms with Crippen molar-refractivity contribution in [3.63, 3.8) is 0 Å². The Bertz CT molecular complexity index is 1020. The smallest absolute Gasteiger partial charge is 0.251 e. The van der Waals surface area contributed by atoms with E-state index < -0.39 is 10.0 Å². The Morgan fingerprint density at radius 3 is 2.53 bits per heavy atom. The Labute approximate surface area is 179 Å². The number of nitrogens with zero attached hydrogens (tertiary/aromatic N) is 1. The third-order valence-electron chi connectivity index (χ3n) is 6.24. The van der Waals surface area contributed by atoms with Gasteiger partial charge in [0.2, 0.25) is 10.0 Å². The zero-order valence-corrected chi connectivity index (χ0v) is 18.5. The van der Waals surface area contributed by atoms with Gasteiger partial charge in [0.25, 0.3) is 5.91 Å². The molecule has 0 radical (unpaired) electrons. The maximum absolute atomic E-state index is 13.2. The molecule has 0 bridgehead atoms. The molecule has 1 N–H and O–H groups in total. The van der Waals surface area contributed by atoms with Gasteiger partial charge in [-0.05, 0) is 66.8 Å². The fourth-order valence-corrected chi connectivity index (χ4v) is 6.62. The van der Waals surface area contributed by atoms with E-state index in [9.17, 15) is 13.2 Å². The molecule has 3 atom stereocenters. The summed E-state index contributed by atoms with van der Waals surface area (Å²) in [5, 5.41) is 3.12. The van der Waals surface area contributed by atoms with Crippen molar-refractivity contribution in [1.82, 2.24) is 9.62 Å². The highest BCUT2D eigenvalue weighted by Gasteiger charge is 2.32. The van der Waals surface area contributed by atoms with Crippen molar-refractivity contribution in [1.29, 1.82) is 0 Å². The van der Waals surface area contributed by atoms with Crippen LogP contribution in [0.5, 0.6) is 0 Å². The van der Waals surface area contributed by atoms with Crippen LogP contribution in [0.4, 0.5) is 0 Å². The summed E-state index contributed by atoms with van der Waals surface area (Å²) in [6.45, 7) is 5.23. The van der Waals surface area contributed by atoms with Gasteiger partial charge in [-0.25, -0.2) is 8.42 Å². The van der Waals surface area contributed by atoms with Crippen LogP contribution >= 0.6 is 0 Å². The number of sulfonamides is 1. The van der Waals surface area contributed by atoms with Crippen molar-refractivity contribution in [2.24, 2.45) is 11.8 Å². The molecule has 1 saturated heterocycles. The first-order valence-corrected chi connectivity index (χ1v) is 12.3. The van der Waals surface area contributed by atoms with Crippen LogP contribution in [0.3, 0.4) is 0 Å². The monoisotopic (exact) mass is 426 g/mol. The minimum atomic E-state index is -3.61. The van der Waals surface area contributed by atoms with Gasteiger partial charge in [-0.15, -0.1) is 0 Å². The van der Waals surface area contributed by atoms with E-state index >= 15 is 0 Å². The molecule has 1 fully saturated rings. The molecule has 4 rings (SSSR count). The summed E-state index contributed by atoms with van der Waals surface area (Å²) in [5.74, 6) is 0.442. The Balaban J connectivity index is 1.54. The van der Waals surface area contributed by atoms with Crippen molar-refractivity contribution in [3.05, 3.63) is 65.2 Å². The van der Waals surface area contributed by atoms with Crippen LogP contribution in [0.25, 0.3) is 0 Å². The molecular weight excluding hydrogens is 396 g/mol. The van der Waals surface area contributed by atoms with Gasteiger partial charge in [-0.1, -0.05) is 44.2 Å². The van der Waals surface area contributed by atoms with Gasteiger partial charge < -0.3 is 5.32 Å². The summed E-state index contributed by atoms with van der Waals surface area (Å²) in [7, 11) is -3.61. The summed E-state index contributed by atoms with van der Waals surface area (Å²) in [6, 6.07) is 14.6. The number of nitrogens with one attached hydrogen (secondary N) is 1. The highest BCUT2D eigenvalue weighted by molar-refractivity contribution is 7.89. The van der Waals surface area contributed by atoms with E-state index in [2.05, 4.69) is 31.3 Å². The third kappa shape index (κ3) is 4.30.